The Hall–Kier alpha value is -2.82. The number of amides is 1. The van der Waals surface area contributed by atoms with Gasteiger partial charge in [-0.25, -0.2) is 8.42 Å². The highest BCUT2D eigenvalue weighted by molar-refractivity contribution is 7.89. The molecule has 1 saturated heterocycles. The van der Waals surface area contributed by atoms with Gasteiger partial charge in [-0.1, -0.05) is 36.8 Å². The lowest BCUT2D eigenvalue weighted by atomic mass is 10.2. The number of hydrogen-bond donors (Lipinski definition) is 2. The molecule has 1 aliphatic rings. The van der Waals surface area contributed by atoms with E-state index in [1.54, 1.807) is 0 Å². The van der Waals surface area contributed by atoms with Crippen molar-refractivity contribution in [3.05, 3.63) is 76.3 Å². The third-order valence-electron chi connectivity index (χ3n) is 5.50. The van der Waals surface area contributed by atoms with Crippen LogP contribution < -0.4 is 5.32 Å². The number of rotatable bonds is 7. The fourth-order valence-electron chi connectivity index (χ4n) is 3.71. The zero-order valence-corrected chi connectivity index (χ0v) is 19.2. The molecule has 2 aromatic carbocycles. The van der Waals surface area contributed by atoms with Gasteiger partial charge in [0, 0.05) is 18.7 Å². The zero-order valence-electron chi connectivity index (χ0n) is 17.5. The summed E-state index contributed by atoms with van der Waals surface area (Å²) < 4.78 is 29.4. The van der Waals surface area contributed by atoms with E-state index in [-0.39, 0.29) is 17.3 Å². The van der Waals surface area contributed by atoms with Gasteiger partial charge in [0.05, 0.1) is 18.0 Å². The molecule has 4 rings (SSSR count). The second-order valence-electron chi connectivity index (χ2n) is 7.69. The third kappa shape index (κ3) is 4.98. The first-order valence-corrected chi connectivity index (χ1v) is 12.4. The Morgan fingerprint density at radius 1 is 1.03 bits per heavy atom. The number of nitrogens with zero attached hydrogens (tertiary/aromatic N) is 3. The van der Waals surface area contributed by atoms with Gasteiger partial charge in [0.2, 0.25) is 10.0 Å². The number of aromatic amines is 1. The summed E-state index contributed by atoms with van der Waals surface area (Å²) in [5.41, 5.74) is 1.45. The number of hydrogen-bond acceptors (Lipinski definition) is 5. The molecule has 3 aromatic rings. The van der Waals surface area contributed by atoms with Crippen LogP contribution in [0.1, 0.15) is 41.0 Å². The number of H-pyrrole nitrogens is 1. The van der Waals surface area contributed by atoms with E-state index in [2.05, 4.69) is 15.5 Å². The summed E-state index contributed by atoms with van der Waals surface area (Å²) in [5.74, 6) is 0.295. The summed E-state index contributed by atoms with van der Waals surface area (Å²) in [6.45, 7) is 1.82. The molecule has 0 spiro atoms. The summed E-state index contributed by atoms with van der Waals surface area (Å²) in [6.07, 6.45) is 2.81. The van der Waals surface area contributed by atoms with Crippen LogP contribution in [0.5, 0.6) is 0 Å². The van der Waals surface area contributed by atoms with E-state index in [1.807, 2.05) is 34.9 Å². The topological polar surface area (TPSA) is 100 Å². The lowest BCUT2D eigenvalue weighted by Crippen LogP contribution is -2.35. The van der Waals surface area contributed by atoms with Gasteiger partial charge < -0.3 is 5.32 Å². The molecule has 1 aromatic heterocycles. The molecule has 1 aliphatic heterocycles. The van der Waals surface area contributed by atoms with Crippen LogP contribution in [0.2, 0.25) is 0 Å². The molecule has 1 amide bonds. The van der Waals surface area contributed by atoms with Gasteiger partial charge >= 0.3 is 0 Å². The van der Waals surface area contributed by atoms with Crippen molar-refractivity contribution in [3.8, 4) is 0 Å². The molecule has 0 saturated carbocycles. The van der Waals surface area contributed by atoms with Gasteiger partial charge in [-0.3, -0.25) is 14.5 Å². The fraction of sp³-hybridized carbons (Fsp3) is 0.318. The normalized spacial score (nSPS) is 14.9. The Labute approximate surface area is 192 Å². The van der Waals surface area contributed by atoms with Crippen LogP contribution in [0.4, 0.5) is 0 Å². The molecule has 32 heavy (non-hydrogen) atoms. The number of aromatic nitrogens is 3. The molecule has 2 N–H and O–H groups in total. The maximum Gasteiger partial charge on any atom is 0.251 e. The van der Waals surface area contributed by atoms with Crippen LogP contribution in [-0.4, -0.2) is 46.5 Å². The Balaban J connectivity index is 1.41. The Bertz CT molecular complexity index is 1230. The lowest BCUT2D eigenvalue weighted by Gasteiger charge is -2.25. The van der Waals surface area contributed by atoms with Crippen molar-refractivity contribution in [2.45, 2.75) is 37.2 Å². The van der Waals surface area contributed by atoms with Crippen molar-refractivity contribution in [2.75, 3.05) is 13.1 Å². The van der Waals surface area contributed by atoms with Gasteiger partial charge in [-0.2, -0.15) is 9.40 Å². The van der Waals surface area contributed by atoms with Crippen molar-refractivity contribution >= 4 is 28.1 Å². The predicted molar refractivity (Wildman–Crippen MR) is 123 cm³/mol. The molecule has 168 valence electrons. The first-order chi connectivity index (χ1) is 15.4. The molecule has 0 atom stereocenters. The van der Waals surface area contributed by atoms with Crippen molar-refractivity contribution in [2.24, 2.45) is 0 Å². The minimum Gasteiger partial charge on any atom is -0.345 e. The van der Waals surface area contributed by atoms with Gasteiger partial charge in [-0.15, -0.1) is 0 Å². The third-order valence-corrected chi connectivity index (χ3v) is 7.72. The molecule has 0 bridgehead atoms. The van der Waals surface area contributed by atoms with Crippen LogP contribution in [0.25, 0.3) is 0 Å². The summed E-state index contributed by atoms with van der Waals surface area (Å²) in [6, 6.07) is 15.9. The number of sulfonamides is 1. The van der Waals surface area contributed by atoms with Gasteiger partial charge in [0.15, 0.2) is 10.6 Å². The average molecular weight is 472 g/mol. The molecule has 10 heteroatoms. The summed E-state index contributed by atoms with van der Waals surface area (Å²) in [4.78, 5) is 12.8. The highest BCUT2D eigenvalue weighted by Crippen LogP contribution is 2.21. The first kappa shape index (κ1) is 22.4. The fourth-order valence-corrected chi connectivity index (χ4v) is 5.44. The zero-order chi connectivity index (χ0) is 22.6. The lowest BCUT2D eigenvalue weighted by molar-refractivity contribution is 0.0949. The Morgan fingerprint density at radius 2 is 1.72 bits per heavy atom. The molecule has 0 aliphatic carbocycles. The largest absolute Gasteiger partial charge is 0.345 e. The maximum absolute atomic E-state index is 12.8. The second kappa shape index (κ2) is 9.76. The molecule has 1 fully saturated rings. The van der Waals surface area contributed by atoms with E-state index in [0.717, 1.165) is 24.8 Å². The predicted octanol–water partition coefficient (Wildman–Crippen LogP) is 3.09. The van der Waals surface area contributed by atoms with Crippen molar-refractivity contribution in [3.63, 3.8) is 0 Å². The van der Waals surface area contributed by atoms with Crippen molar-refractivity contribution < 1.29 is 13.2 Å². The SMILES string of the molecule is O=C(NCc1n[nH]c(=S)n1Cc1ccccc1)c1ccc(S(=O)(=O)N2CCCCC2)cc1. The van der Waals surface area contributed by atoms with Crippen LogP contribution >= 0.6 is 12.2 Å². The Morgan fingerprint density at radius 3 is 2.41 bits per heavy atom. The molecule has 0 unspecified atom stereocenters. The number of piperidine rings is 1. The van der Waals surface area contributed by atoms with Gasteiger partial charge in [-0.05, 0) is 54.9 Å². The minimum atomic E-state index is -3.52. The maximum atomic E-state index is 12.8. The minimum absolute atomic E-state index is 0.187. The molecule has 8 nitrogen and oxygen atoms in total. The molecule has 2 heterocycles. The quantitative estimate of drug-likeness (QED) is 0.516. The van der Waals surface area contributed by atoms with Crippen LogP contribution in [0.15, 0.2) is 59.5 Å². The van der Waals surface area contributed by atoms with Crippen LogP contribution in [0.3, 0.4) is 0 Å². The number of benzene rings is 2. The summed E-state index contributed by atoms with van der Waals surface area (Å²) in [5, 5.41) is 9.82. The molecule has 0 radical (unpaired) electrons. The summed E-state index contributed by atoms with van der Waals surface area (Å²) in [7, 11) is -3.52. The monoisotopic (exact) mass is 471 g/mol. The number of nitrogens with one attached hydrogen (secondary N) is 2. The van der Waals surface area contributed by atoms with Crippen molar-refractivity contribution in [1.82, 2.24) is 24.4 Å². The smallest absolute Gasteiger partial charge is 0.251 e. The van der Waals surface area contributed by atoms with E-state index in [1.165, 1.54) is 28.6 Å². The average Bonchev–Trinajstić information content (AvgIpc) is 3.18. The van der Waals surface area contributed by atoms with Crippen LogP contribution in [0, 0.1) is 4.77 Å². The molecular formula is C22H25N5O3S2. The second-order valence-corrected chi connectivity index (χ2v) is 10.0. The van der Waals surface area contributed by atoms with Crippen LogP contribution in [-0.2, 0) is 23.1 Å². The first-order valence-electron chi connectivity index (χ1n) is 10.5. The Kier molecular flexibility index (Phi) is 6.83. The van der Waals surface area contributed by atoms with Gasteiger partial charge in [0.25, 0.3) is 5.91 Å². The highest BCUT2D eigenvalue weighted by atomic mass is 32.2. The van der Waals surface area contributed by atoms with E-state index in [4.69, 9.17) is 12.2 Å². The highest BCUT2D eigenvalue weighted by Gasteiger charge is 2.26. The van der Waals surface area contributed by atoms with Gasteiger partial charge in [0.1, 0.15) is 0 Å². The van der Waals surface area contributed by atoms with E-state index in [0.29, 0.717) is 35.8 Å². The van der Waals surface area contributed by atoms with E-state index < -0.39 is 10.0 Å². The summed E-state index contributed by atoms with van der Waals surface area (Å²) >= 11 is 5.32. The van der Waals surface area contributed by atoms with Crippen molar-refractivity contribution in [1.29, 1.82) is 0 Å². The standard InChI is InChI=1S/C22H25N5O3S2/c28-21(18-9-11-19(12-10-18)32(29,30)26-13-5-2-6-14-26)23-15-20-24-25-22(31)27(20)16-17-7-3-1-4-8-17/h1,3-4,7-12H,2,5-6,13-16H2,(H,23,28)(H,25,31). The number of carbonyl (C=O) groups is 1. The van der Waals surface area contributed by atoms with E-state index in [9.17, 15) is 13.2 Å². The van der Waals surface area contributed by atoms with E-state index >= 15 is 0 Å². The number of carbonyl (C=O) groups excluding carboxylic acids is 1. The molecular weight excluding hydrogens is 446 g/mol.